The minimum absolute atomic E-state index is 0.0659. The molecule has 0 spiro atoms. The van der Waals surface area contributed by atoms with E-state index < -0.39 is 0 Å². The van der Waals surface area contributed by atoms with E-state index in [0.717, 1.165) is 22.2 Å². The number of carbonyl (C=O) groups excluding carboxylic acids is 1. The van der Waals surface area contributed by atoms with Crippen LogP contribution in [0.4, 0.5) is 0 Å². The summed E-state index contributed by atoms with van der Waals surface area (Å²) >= 11 is 0. The number of benzene rings is 1. The zero-order chi connectivity index (χ0) is 13.4. The highest BCUT2D eigenvalue weighted by molar-refractivity contribution is 6.11. The Morgan fingerprint density at radius 2 is 2.00 bits per heavy atom. The molecule has 0 amide bonds. The second-order valence-corrected chi connectivity index (χ2v) is 4.52. The number of fused-ring (bicyclic) bond motifs is 1. The van der Waals surface area contributed by atoms with Gasteiger partial charge in [0, 0.05) is 22.8 Å². The van der Waals surface area contributed by atoms with Crippen LogP contribution in [0, 0.1) is 13.8 Å². The number of H-pyrrole nitrogens is 1. The number of hydrogen-bond acceptors (Lipinski definition) is 3. The first-order valence-electron chi connectivity index (χ1n) is 6.07. The number of rotatable bonds is 2. The molecular weight excluding hydrogens is 238 g/mol. The molecule has 2 heterocycles. The van der Waals surface area contributed by atoms with E-state index in [1.54, 1.807) is 6.20 Å². The van der Waals surface area contributed by atoms with Crippen LogP contribution in [-0.4, -0.2) is 20.7 Å². The molecule has 0 radical (unpaired) electrons. The van der Waals surface area contributed by atoms with Gasteiger partial charge in [-0.3, -0.25) is 9.78 Å². The highest BCUT2D eigenvalue weighted by Crippen LogP contribution is 2.22. The van der Waals surface area contributed by atoms with E-state index in [9.17, 15) is 4.79 Å². The van der Waals surface area contributed by atoms with E-state index in [1.165, 1.54) is 6.33 Å². The third kappa shape index (κ3) is 1.81. The molecular formula is C15H13N3O. The first-order valence-corrected chi connectivity index (χ1v) is 6.07. The fourth-order valence-electron chi connectivity index (χ4n) is 2.25. The molecule has 3 rings (SSSR count). The summed E-state index contributed by atoms with van der Waals surface area (Å²) in [5, 5.41) is 1.04. The van der Waals surface area contributed by atoms with Crippen molar-refractivity contribution in [1.82, 2.24) is 15.0 Å². The van der Waals surface area contributed by atoms with Crippen LogP contribution >= 0.6 is 0 Å². The first-order chi connectivity index (χ1) is 9.18. The van der Waals surface area contributed by atoms with Crippen molar-refractivity contribution in [1.29, 1.82) is 0 Å². The molecule has 0 aliphatic carbocycles. The average Bonchev–Trinajstić information content (AvgIpc) is 2.85. The molecule has 1 N–H and O–H groups in total. The van der Waals surface area contributed by atoms with Crippen molar-refractivity contribution in [3.63, 3.8) is 0 Å². The number of imidazole rings is 1. The predicted octanol–water partition coefficient (Wildman–Crippen LogP) is 2.81. The monoisotopic (exact) mass is 251 g/mol. The molecule has 3 aromatic rings. The molecule has 0 bridgehead atoms. The molecule has 4 heteroatoms. The Labute approximate surface area is 110 Å². The SMILES string of the molecule is Cc1[nH]cnc1C(=O)c1ccc2cccnc2c1C. The predicted molar refractivity (Wildman–Crippen MR) is 73.2 cm³/mol. The van der Waals surface area contributed by atoms with Gasteiger partial charge < -0.3 is 4.98 Å². The van der Waals surface area contributed by atoms with E-state index in [1.807, 2.05) is 38.1 Å². The van der Waals surface area contributed by atoms with Gasteiger partial charge in [-0.2, -0.15) is 0 Å². The van der Waals surface area contributed by atoms with Crippen LogP contribution in [0.2, 0.25) is 0 Å². The molecule has 19 heavy (non-hydrogen) atoms. The van der Waals surface area contributed by atoms with Crippen LogP contribution in [-0.2, 0) is 0 Å². The van der Waals surface area contributed by atoms with Crippen LogP contribution in [0.15, 0.2) is 36.8 Å². The topological polar surface area (TPSA) is 58.6 Å². The quantitative estimate of drug-likeness (QED) is 0.712. The van der Waals surface area contributed by atoms with Gasteiger partial charge >= 0.3 is 0 Å². The summed E-state index contributed by atoms with van der Waals surface area (Å²) in [5.74, 6) is -0.0659. The lowest BCUT2D eigenvalue weighted by atomic mass is 9.99. The second-order valence-electron chi connectivity index (χ2n) is 4.52. The number of nitrogens with one attached hydrogen (secondary N) is 1. The van der Waals surface area contributed by atoms with Crippen molar-refractivity contribution in [2.75, 3.05) is 0 Å². The molecule has 0 unspecified atom stereocenters. The minimum atomic E-state index is -0.0659. The molecule has 0 aliphatic heterocycles. The second kappa shape index (κ2) is 4.31. The van der Waals surface area contributed by atoms with Gasteiger partial charge in [0.25, 0.3) is 0 Å². The Morgan fingerprint density at radius 3 is 2.74 bits per heavy atom. The first kappa shape index (κ1) is 11.6. The Bertz CT molecular complexity index is 774. The molecule has 1 aromatic carbocycles. The number of aromatic amines is 1. The maximum Gasteiger partial charge on any atom is 0.213 e. The smallest absolute Gasteiger partial charge is 0.213 e. The van der Waals surface area contributed by atoms with Crippen molar-refractivity contribution in [3.8, 4) is 0 Å². The lowest BCUT2D eigenvalue weighted by Crippen LogP contribution is -2.06. The highest BCUT2D eigenvalue weighted by atomic mass is 16.1. The van der Waals surface area contributed by atoms with Gasteiger partial charge in [-0.25, -0.2) is 4.98 Å². The molecule has 0 fully saturated rings. The normalized spacial score (nSPS) is 10.8. The summed E-state index contributed by atoms with van der Waals surface area (Å²) in [6.45, 7) is 3.76. The maximum absolute atomic E-state index is 12.5. The van der Waals surface area contributed by atoms with Gasteiger partial charge in [0.1, 0.15) is 5.69 Å². The number of pyridine rings is 1. The summed E-state index contributed by atoms with van der Waals surface area (Å²) in [5.41, 5.74) is 3.66. The van der Waals surface area contributed by atoms with E-state index in [-0.39, 0.29) is 5.78 Å². The molecule has 0 saturated heterocycles. The minimum Gasteiger partial charge on any atom is -0.348 e. The fraction of sp³-hybridized carbons (Fsp3) is 0.133. The Hall–Kier alpha value is -2.49. The number of hydrogen-bond donors (Lipinski definition) is 1. The van der Waals surface area contributed by atoms with Gasteiger partial charge in [-0.15, -0.1) is 0 Å². The molecule has 0 atom stereocenters. The molecule has 4 nitrogen and oxygen atoms in total. The van der Waals surface area contributed by atoms with Crippen molar-refractivity contribution < 1.29 is 4.79 Å². The van der Waals surface area contributed by atoms with Gasteiger partial charge in [-0.05, 0) is 31.5 Å². The number of nitrogens with zero attached hydrogens (tertiary/aromatic N) is 2. The largest absolute Gasteiger partial charge is 0.348 e. The molecule has 2 aromatic heterocycles. The third-order valence-corrected chi connectivity index (χ3v) is 3.32. The van der Waals surface area contributed by atoms with E-state index >= 15 is 0 Å². The van der Waals surface area contributed by atoms with E-state index in [0.29, 0.717) is 11.3 Å². The maximum atomic E-state index is 12.5. The highest BCUT2D eigenvalue weighted by Gasteiger charge is 2.17. The average molecular weight is 251 g/mol. The van der Waals surface area contributed by atoms with Crippen molar-refractivity contribution in [2.24, 2.45) is 0 Å². The van der Waals surface area contributed by atoms with Crippen LogP contribution in [0.1, 0.15) is 27.3 Å². The fourth-order valence-corrected chi connectivity index (χ4v) is 2.25. The van der Waals surface area contributed by atoms with Crippen LogP contribution in [0.5, 0.6) is 0 Å². The van der Waals surface area contributed by atoms with Crippen molar-refractivity contribution >= 4 is 16.7 Å². The summed E-state index contributed by atoms with van der Waals surface area (Å²) < 4.78 is 0. The molecule has 94 valence electrons. The summed E-state index contributed by atoms with van der Waals surface area (Å²) in [7, 11) is 0. The Balaban J connectivity index is 2.19. The van der Waals surface area contributed by atoms with Crippen molar-refractivity contribution in [2.45, 2.75) is 13.8 Å². The molecule has 0 aliphatic rings. The van der Waals surface area contributed by atoms with Gasteiger partial charge in [-0.1, -0.05) is 12.1 Å². The summed E-state index contributed by atoms with van der Waals surface area (Å²) in [4.78, 5) is 23.8. The number of aromatic nitrogens is 3. The summed E-state index contributed by atoms with van der Waals surface area (Å²) in [6, 6.07) is 7.64. The van der Waals surface area contributed by atoms with Crippen LogP contribution in [0.3, 0.4) is 0 Å². The zero-order valence-corrected chi connectivity index (χ0v) is 10.8. The molecule has 0 saturated carbocycles. The third-order valence-electron chi connectivity index (χ3n) is 3.32. The summed E-state index contributed by atoms with van der Waals surface area (Å²) in [6.07, 6.45) is 3.28. The van der Waals surface area contributed by atoms with E-state index in [4.69, 9.17) is 0 Å². The van der Waals surface area contributed by atoms with Crippen LogP contribution < -0.4 is 0 Å². The van der Waals surface area contributed by atoms with E-state index in [2.05, 4.69) is 15.0 Å². The van der Waals surface area contributed by atoms with Gasteiger partial charge in [0.05, 0.1) is 11.8 Å². The van der Waals surface area contributed by atoms with Crippen molar-refractivity contribution in [3.05, 3.63) is 59.3 Å². The zero-order valence-electron chi connectivity index (χ0n) is 10.8. The standard InChI is InChI=1S/C15H13N3O/c1-9-12(15(19)14-10(2)17-8-18-14)6-5-11-4-3-7-16-13(9)11/h3-8H,1-2H3,(H,17,18). The lowest BCUT2D eigenvalue weighted by Gasteiger charge is -2.07. The number of carbonyl (C=O) groups is 1. The lowest BCUT2D eigenvalue weighted by molar-refractivity contribution is 0.103. The van der Waals surface area contributed by atoms with Gasteiger partial charge in [0.15, 0.2) is 0 Å². The van der Waals surface area contributed by atoms with Crippen LogP contribution in [0.25, 0.3) is 10.9 Å². The van der Waals surface area contributed by atoms with Gasteiger partial charge in [0.2, 0.25) is 5.78 Å². The number of ketones is 1. The number of aryl methyl sites for hydroxylation is 2. The Morgan fingerprint density at radius 1 is 1.16 bits per heavy atom. The Kier molecular flexibility index (Phi) is 2.63.